The Labute approximate surface area is 156 Å². The van der Waals surface area contributed by atoms with Crippen LogP contribution in [-0.2, 0) is 19.1 Å². The van der Waals surface area contributed by atoms with E-state index in [0.717, 1.165) is 77.0 Å². The van der Waals surface area contributed by atoms with Crippen LogP contribution < -0.4 is 0 Å². The summed E-state index contributed by atoms with van der Waals surface area (Å²) < 4.78 is 11.4. The molecule has 4 atom stereocenters. The molecule has 2 aliphatic heterocycles. The minimum atomic E-state index is -0.700. The van der Waals surface area contributed by atoms with E-state index in [-0.39, 0.29) is 12.8 Å². The summed E-state index contributed by atoms with van der Waals surface area (Å²) in [5, 5.41) is 17.2. The average Bonchev–Trinajstić information content (AvgIpc) is 3.48. The predicted octanol–water partition coefficient (Wildman–Crippen LogP) is 4.15. The lowest BCUT2D eigenvalue weighted by atomic mass is 10.0. The molecule has 150 valence electrons. The highest BCUT2D eigenvalue weighted by molar-refractivity contribution is 5.66. The molecule has 0 aromatic rings. The molecule has 0 aromatic heterocycles. The van der Waals surface area contributed by atoms with Gasteiger partial charge in [0.15, 0.2) is 0 Å². The number of carboxylic acids is 2. The van der Waals surface area contributed by atoms with E-state index in [1.807, 2.05) is 0 Å². The molecule has 0 spiro atoms. The summed E-state index contributed by atoms with van der Waals surface area (Å²) in [6.07, 6.45) is 14.6. The van der Waals surface area contributed by atoms with Crippen molar-refractivity contribution in [3.05, 3.63) is 0 Å². The molecule has 2 saturated heterocycles. The van der Waals surface area contributed by atoms with Crippen LogP contribution in [0, 0.1) is 0 Å². The largest absolute Gasteiger partial charge is 0.481 e. The number of epoxide rings is 2. The second kappa shape index (κ2) is 11.5. The van der Waals surface area contributed by atoms with Gasteiger partial charge in [0.05, 0.1) is 24.4 Å². The summed E-state index contributed by atoms with van der Waals surface area (Å²) in [5.41, 5.74) is 0. The summed E-state index contributed by atoms with van der Waals surface area (Å²) in [4.78, 5) is 20.8. The molecule has 6 nitrogen and oxygen atoms in total. The molecule has 0 amide bonds. The van der Waals surface area contributed by atoms with Gasteiger partial charge in [-0.05, 0) is 38.5 Å². The van der Waals surface area contributed by atoms with Crippen LogP contribution in [0.2, 0.25) is 0 Å². The molecule has 0 bridgehead atoms. The van der Waals surface area contributed by atoms with E-state index >= 15 is 0 Å². The van der Waals surface area contributed by atoms with Gasteiger partial charge < -0.3 is 19.7 Å². The smallest absolute Gasteiger partial charge is 0.303 e. The molecule has 26 heavy (non-hydrogen) atoms. The number of ether oxygens (including phenoxy) is 2. The second-order valence-electron chi connectivity index (χ2n) is 7.70. The van der Waals surface area contributed by atoms with Gasteiger partial charge >= 0.3 is 11.9 Å². The Balaban J connectivity index is 1.34. The number of carboxylic acid groups (broad SMARTS) is 2. The van der Waals surface area contributed by atoms with Crippen LogP contribution in [0.3, 0.4) is 0 Å². The maximum Gasteiger partial charge on any atom is 0.303 e. The molecular weight excluding hydrogens is 336 g/mol. The number of hydrogen-bond acceptors (Lipinski definition) is 4. The molecule has 2 N–H and O–H groups in total. The molecule has 4 unspecified atom stereocenters. The highest BCUT2D eigenvalue weighted by atomic mass is 16.6. The fourth-order valence-electron chi connectivity index (χ4n) is 3.65. The topological polar surface area (TPSA) is 99.7 Å². The summed E-state index contributed by atoms with van der Waals surface area (Å²) in [6.45, 7) is 0. The van der Waals surface area contributed by atoms with Gasteiger partial charge in [-0.2, -0.15) is 0 Å². The van der Waals surface area contributed by atoms with Crippen LogP contribution >= 0.6 is 0 Å². The first-order chi connectivity index (χ1) is 12.6. The van der Waals surface area contributed by atoms with Crippen molar-refractivity contribution < 1.29 is 29.3 Å². The van der Waals surface area contributed by atoms with Gasteiger partial charge in [0.2, 0.25) is 0 Å². The summed E-state index contributed by atoms with van der Waals surface area (Å²) in [6, 6.07) is 0. The van der Waals surface area contributed by atoms with Gasteiger partial charge in [-0.15, -0.1) is 0 Å². The first kappa shape index (κ1) is 21.2. The third-order valence-electron chi connectivity index (χ3n) is 5.37. The molecule has 2 aliphatic rings. The predicted molar refractivity (Wildman–Crippen MR) is 97.2 cm³/mol. The monoisotopic (exact) mass is 370 g/mol. The zero-order valence-corrected chi connectivity index (χ0v) is 15.7. The maximum atomic E-state index is 10.4. The fourth-order valence-corrected chi connectivity index (χ4v) is 3.65. The molecule has 2 rings (SSSR count). The Morgan fingerprint density at radius 2 is 0.885 bits per heavy atom. The standard InChI is InChI=1S/C20H34O6/c21-19(22)11-7-3-1-5-9-15-17(25-15)13-14-18-16(26-18)10-6-2-4-8-12-20(23)24/h15-18H,1-14H2,(H,21,22)(H,23,24). The number of rotatable bonds is 17. The highest BCUT2D eigenvalue weighted by Gasteiger charge is 2.42. The van der Waals surface area contributed by atoms with Gasteiger partial charge in [0.1, 0.15) is 0 Å². The average molecular weight is 370 g/mol. The second-order valence-corrected chi connectivity index (χ2v) is 7.70. The molecule has 2 heterocycles. The van der Waals surface area contributed by atoms with Gasteiger partial charge in [-0.3, -0.25) is 9.59 Å². The van der Waals surface area contributed by atoms with Crippen molar-refractivity contribution in [3.63, 3.8) is 0 Å². The minimum Gasteiger partial charge on any atom is -0.481 e. The van der Waals surface area contributed by atoms with E-state index in [1.54, 1.807) is 0 Å². The zero-order valence-electron chi connectivity index (χ0n) is 15.7. The zero-order chi connectivity index (χ0) is 18.8. The van der Waals surface area contributed by atoms with Crippen molar-refractivity contribution in [2.45, 2.75) is 114 Å². The molecule has 0 aromatic carbocycles. The lowest BCUT2D eigenvalue weighted by Crippen LogP contribution is -2.00. The Hall–Kier alpha value is -1.14. The summed E-state index contributed by atoms with van der Waals surface area (Å²) in [7, 11) is 0. The highest BCUT2D eigenvalue weighted by Crippen LogP contribution is 2.36. The van der Waals surface area contributed by atoms with E-state index < -0.39 is 11.9 Å². The van der Waals surface area contributed by atoms with Gasteiger partial charge in [0.25, 0.3) is 0 Å². The van der Waals surface area contributed by atoms with Gasteiger partial charge in [0, 0.05) is 12.8 Å². The SMILES string of the molecule is O=C(O)CCCCCCC1OC1CCC1OC1CCCCCCC(=O)O. The van der Waals surface area contributed by atoms with Crippen molar-refractivity contribution >= 4 is 11.9 Å². The Morgan fingerprint density at radius 3 is 1.27 bits per heavy atom. The first-order valence-corrected chi connectivity index (χ1v) is 10.3. The summed E-state index contributed by atoms with van der Waals surface area (Å²) in [5.74, 6) is -1.40. The Morgan fingerprint density at radius 1 is 0.538 bits per heavy atom. The van der Waals surface area contributed by atoms with Crippen molar-refractivity contribution in [1.82, 2.24) is 0 Å². The third-order valence-corrected chi connectivity index (χ3v) is 5.37. The van der Waals surface area contributed by atoms with Crippen LogP contribution in [-0.4, -0.2) is 46.6 Å². The van der Waals surface area contributed by atoms with E-state index in [9.17, 15) is 9.59 Å². The molecular formula is C20H34O6. The number of carbonyl (C=O) groups is 2. The van der Waals surface area contributed by atoms with Crippen molar-refractivity contribution in [3.8, 4) is 0 Å². The normalized spacial score (nSPS) is 26.6. The molecule has 0 saturated carbocycles. The lowest BCUT2D eigenvalue weighted by molar-refractivity contribution is -0.138. The van der Waals surface area contributed by atoms with Crippen molar-refractivity contribution in [2.24, 2.45) is 0 Å². The van der Waals surface area contributed by atoms with Gasteiger partial charge in [-0.25, -0.2) is 0 Å². The summed E-state index contributed by atoms with van der Waals surface area (Å²) >= 11 is 0. The van der Waals surface area contributed by atoms with E-state index in [0.29, 0.717) is 24.4 Å². The molecule has 0 radical (unpaired) electrons. The number of hydrogen-bond donors (Lipinski definition) is 2. The molecule has 6 heteroatoms. The van der Waals surface area contributed by atoms with Crippen LogP contribution in [0.15, 0.2) is 0 Å². The number of unbranched alkanes of at least 4 members (excludes halogenated alkanes) is 6. The van der Waals surface area contributed by atoms with Gasteiger partial charge in [-0.1, -0.05) is 38.5 Å². The Bertz CT molecular complexity index is 398. The molecule has 0 aliphatic carbocycles. The first-order valence-electron chi connectivity index (χ1n) is 10.3. The molecule has 2 fully saturated rings. The minimum absolute atomic E-state index is 0.285. The van der Waals surface area contributed by atoms with E-state index in [1.165, 1.54) is 0 Å². The van der Waals surface area contributed by atoms with Crippen LogP contribution in [0.4, 0.5) is 0 Å². The van der Waals surface area contributed by atoms with E-state index in [2.05, 4.69) is 0 Å². The third kappa shape index (κ3) is 9.53. The quantitative estimate of drug-likeness (QED) is 0.295. The van der Waals surface area contributed by atoms with Crippen LogP contribution in [0.5, 0.6) is 0 Å². The van der Waals surface area contributed by atoms with E-state index in [4.69, 9.17) is 19.7 Å². The maximum absolute atomic E-state index is 10.4. The lowest BCUT2D eigenvalue weighted by Gasteiger charge is -1.99. The Kier molecular flexibility index (Phi) is 9.40. The van der Waals surface area contributed by atoms with Crippen LogP contribution in [0.25, 0.3) is 0 Å². The van der Waals surface area contributed by atoms with Crippen LogP contribution in [0.1, 0.15) is 89.9 Å². The number of aliphatic carboxylic acids is 2. The fraction of sp³-hybridized carbons (Fsp3) is 0.900. The van der Waals surface area contributed by atoms with Crippen molar-refractivity contribution in [1.29, 1.82) is 0 Å². The van der Waals surface area contributed by atoms with Crippen molar-refractivity contribution in [2.75, 3.05) is 0 Å².